The average Bonchev–Trinajstić information content (AvgIpc) is 3.27. The third kappa shape index (κ3) is 4.00. The molecule has 1 N–H and O–H groups in total. The van der Waals surface area contributed by atoms with Gasteiger partial charge in [-0.15, -0.1) is 11.3 Å². The minimum Gasteiger partial charge on any atom is -0.392 e. The van der Waals surface area contributed by atoms with Gasteiger partial charge in [0.05, 0.1) is 6.10 Å². The summed E-state index contributed by atoms with van der Waals surface area (Å²) >= 11 is 7.72. The predicted molar refractivity (Wildman–Crippen MR) is 104 cm³/mol. The van der Waals surface area contributed by atoms with Gasteiger partial charge in [-0.25, -0.2) is 4.98 Å². The van der Waals surface area contributed by atoms with E-state index >= 15 is 0 Å². The van der Waals surface area contributed by atoms with E-state index < -0.39 is 0 Å². The molecule has 0 unspecified atom stereocenters. The molecule has 2 aliphatic rings. The van der Waals surface area contributed by atoms with Crippen LogP contribution in [0.1, 0.15) is 24.8 Å². The van der Waals surface area contributed by atoms with Crippen LogP contribution >= 0.6 is 22.9 Å². The molecule has 0 aliphatic carbocycles. The number of nitrogens with zero attached hydrogens (tertiary/aromatic N) is 3. The molecule has 0 saturated carbocycles. The zero-order valence-corrected chi connectivity index (χ0v) is 15.8. The molecular weight excluding hydrogens is 354 g/mol. The lowest BCUT2D eigenvalue weighted by Gasteiger charge is -2.39. The first kappa shape index (κ1) is 17.3. The Labute approximate surface area is 158 Å². The molecule has 3 heterocycles. The summed E-state index contributed by atoms with van der Waals surface area (Å²) in [6.07, 6.45) is 5.82. The molecule has 1 aromatic carbocycles. The molecule has 25 heavy (non-hydrogen) atoms. The van der Waals surface area contributed by atoms with Gasteiger partial charge in [0.25, 0.3) is 0 Å². The highest BCUT2D eigenvalue weighted by atomic mass is 35.5. The zero-order chi connectivity index (χ0) is 17.2. The Morgan fingerprint density at radius 3 is 2.64 bits per heavy atom. The predicted octanol–water partition coefficient (Wildman–Crippen LogP) is 3.44. The van der Waals surface area contributed by atoms with Gasteiger partial charge < -0.3 is 10.0 Å². The van der Waals surface area contributed by atoms with Crippen molar-refractivity contribution < 1.29 is 5.11 Å². The molecule has 0 bridgehead atoms. The molecule has 2 aliphatic heterocycles. The minimum atomic E-state index is -0.200. The summed E-state index contributed by atoms with van der Waals surface area (Å²) in [7, 11) is 0. The lowest BCUT2D eigenvalue weighted by molar-refractivity contribution is 0.131. The van der Waals surface area contributed by atoms with Gasteiger partial charge in [0.15, 0.2) is 5.13 Å². The van der Waals surface area contributed by atoms with Crippen LogP contribution in [0.3, 0.4) is 0 Å². The molecule has 4 nitrogen and oxygen atoms in total. The number of likely N-dealkylation sites (tertiary alicyclic amines) is 1. The van der Waals surface area contributed by atoms with Gasteiger partial charge in [0.2, 0.25) is 0 Å². The zero-order valence-electron chi connectivity index (χ0n) is 14.2. The molecule has 6 heteroatoms. The fraction of sp³-hybridized carbons (Fsp3) is 0.526. The number of hydrogen-bond acceptors (Lipinski definition) is 5. The van der Waals surface area contributed by atoms with E-state index in [9.17, 15) is 5.11 Å². The van der Waals surface area contributed by atoms with Crippen molar-refractivity contribution in [2.24, 2.45) is 0 Å². The fourth-order valence-electron chi connectivity index (χ4n) is 4.22. The van der Waals surface area contributed by atoms with E-state index in [1.807, 2.05) is 23.7 Å². The highest BCUT2D eigenvalue weighted by molar-refractivity contribution is 7.13. The summed E-state index contributed by atoms with van der Waals surface area (Å²) in [6, 6.07) is 9.11. The van der Waals surface area contributed by atoms with Crippen LogP contribution in [0.4, 0.5) is 5.13 Å². The van der Waals surface area contributed by atoms with Crippen LogP contribution < -0.4 is 4.90 Å². The van der Waals surface area contributed by atoms with Crippen molar-refractivity contribution in [1.29, 1.82) is 0 Å². The first-order valence-electron chi connectivity index (χ1n) is 9.02. The second-order valence-electron chi connectivity index (χ2n) is 7.10. The van der Waals surface area contributed by atoms with E-state index in [0.29, 0.717) is 12.1 Å². The van der Waals surface area contributed by atoms with E-state index in [-0.39, 0.29) is 6.10 Å². The second-order valence-corrected chi connectivity index (χ2v) is 8.41. The molecule has 2 saturated heterocycles. The third-order valence-electron chi connectivity index (χ3n) is 5.44. The molecule has 0 spiro atoms. The van der Waals surface area contributed by atoms with Crippen LogP contribution in [-0.2, 0) is 6.42 Å². The number of anilines is 1. The van der Waals surface area contributed by atoms with Crippen LogP contribution in [0.15, 0.2) is 35.8 Å². The number of halogens is 1. The summed E-state index contributed by atoms with van der Waals surface area (Å²) in [6.45, 7) is 2.91. The number of aliphatic hydroxyl groups excluding tert-OH is 1. The Balaban J connectivity index is 1.39. The van der Waals surface area contributed by atoms with Gasteiger partial charge in [-0.1, -0.05) is 23.7 Å². The van der Waals surface area contributed by atoms with E-state index in [1.165, 1.54) is 5.56 Å². The standard InChI is InChI=1S/C19H24ClN3OS/c20-15-3-1-14(2-4-15)11-17-12-18(24)13-23(17)16-5-8-22(9-6-16)19-21-7-10-25-19/h1-4,7,10,16-18,24H,5-6,8-9,11-13H2/t17-,18+/m0/s1. The molecule has 0 radical (unpaired) electrons. The van der Waals surface area contributed by atoms with Gasteiger partial charge in [-0.3, -0.25) is 4.90 Å². The van der Waals surface area contributed by atoms with Crippen molar-refractivity contribution in [2.45, 2.75) is 43.9 Å². The summed E-state index contributed by atoms with van der Waals surface area (Å²) in [5.74, 6) is 0. The minimum absolute atomic E-state index is 0.200. The van der Waals surface area contributed by atoms with Crippen LogP contribution in [0.5, 0.6) is 0 Å². The monoisotopic (exact) mass is 377 g/mol. The van der Waals surface area contributed by atoms with E-state index in [1.54, 1.807) is 11.3 Å². The topological polar surface area (TPSA) is 39.6 Å². The molecule has 2 aromatic rings. The SMILES string of the molecule is O[C@@H]1C[C@H](Cc2ccc(Cl)cc2)N(C2CCN(c3nccs3)CC2)C1. The highest BCUT2D eigenvalue weighted by Crippen LogP contribution is 2.30. The average molecular weight is 378 g/mol. The summed E-state index contributed by atoms with van der Waals surface area (Å²) in [5.41, 5.74) is 1.30. The molecular formula is C19H24ClN3OS. The molecule has 2 fully saturated rings. The number of rotatable bonds is 4. The first-order chi connectivity index (χ1) is 12.2. The maximum atomic E-state index is 10.2. The van der Waals surface area contributed by atoms with E-state index in [0.717, 1.165) is 55.5 Å². The Kier molecular flexibility index (Phi) is 5.27. The normalized spacial score (nSPS) is 25.6. The van der Waals surface area contributed by atoms with Crippen molar-refractivity contribution in [3.63, 3.8) is 0 Å². The third-order valence-corrected chi connectivity index (χ3v) is 6.53. The lowest BCUT2D eigenvalue weighted by atomic mass is 9.99. The van der Waals surface area contributed by atoms with Crippen LogP contribution in [0.25, 0.3) is 0 Å². The number of β-amino-alcohol motifs (C(OH)–C–C–N with tert-alkyl or cyclic N) is 1. The Morgan fingerprint density at radius 1 is 1.20 bits per heavy atom. The first-order valence-corrected chi connectivity index (χ1v) is 10.3. The van der Waals surface area contributed by atoms with Gasteiger partial charge in [0.1, 0.15) is 0 Å². The second kappa shape index (κ2) is 7.62. The van der Waals surface area contributed by atoms with Crippen LogP contribution in [-0.4, -0.2) is 52.8 Å². The fourth-order valence-corrected chi connectivity index (χ4v) is 5.04. The maximum Gasteiger partial charge on any atom is 0.185 e. The van der Waals surface area contributed by atoms with Crippen LogP contribution in [0, 0.1) is 0 Å². The Hall–Kier alpha value is -1.14. The van der Waals surface area contributed by atoms with Crippen molar-refractivity contribution >= 4 is 28.1 Å². The summed E-state index contributed by atoms with van der Waals surface area (Å²) in [4.78, 5) is 9.38. The maximum absolute atomic E-state index is 10.2. The van der Waals surface area contributed by atoms with Crippen LogP contribution in [0.2, 0.25) is 5.02 Å². The molecule has 0 amide bonds. The van der Waals surface area contributed by atoms with Gasteiger partial charge in [0, 0.05) is 48.3 Å². The number of piperidine rings is 1. The number of hydrogen-bond donors (Lipinski definition) is 1. The smallest absolute Gasteiger partial charge is 0.185 e. The Bertz CT molecular complexity index is 670. The highest BCUT2D eigenvalue weighted by Gasteiger charge is 2.37. The van der Waals surface area contributed by atoms with E-state index in [2.05, 4.69) is 26.9 Å². The molecule has 2 atom stereocenters. The summed E-state index contributed by atoms with van der Waals surface area (Å²) < 4.78 is 0. The van der Waals surface area contributed by atoms with Crippen molar-refractivity contribution in [1.82, 2.24) is 9.88 Å². The Morgan fingerprint density at radius 2 is 1.96 bits per heavy atom. The van der Waals surface area contributed by atoms with Crippen molar-refractivity contribution in [2.75, 3.05) is 24.5 Å². The largest absolute Gasteiger partial charge is 0.392 e. The quantitative estimate of drug-likeness (QED) is 0.885. The number of benzene rings is 1. The molecule has 134 valence electrons. The van der Waals surface area contributed by atoms with Crippen molar-refractivity contribution in [3.8, 4) is 0 Å². The van der Waals surface area contributed by atoms with Gasteiger partial charge in [-0.2, -0.15) is 0 Å². The van der Waals surface area contributed by atoms with Gasteiger partial charge in [-0.05, 0) is 43.4 Å². The number of thiazole rings is 1. The molecule has 1 aromatic heterocycles. The lowest BCUT2D eigenvalue weighted by Crippen LogP contribution is -2.47. The molecule has 4 rings (SSSR count). The van der Waals surface area contributed by atoms with Gasteiger partial charge >= 0.3 is 0 Å². The number of aromatic nitrogens is 1. The number of aliphatic hydroxyl groups is 1. The van der Waals surface area contributed by atoms with E-state index in [4.69, 9.17) is 11.6 Å². The summed E-state index contributed by atoms with van der Waals surface area (Å²) in [5, 5.41) is 14.2. The van der Waals surface area contributed by atoms with Crippen molar-refractivity contribution in [3.05, 3.63) is 46.4 Å².